The standard InChI is InChI=1S/C30H39N7O/c1-19(2)36-28(38)25-17-32-29(34-27(25)37(36)24-12-13-31-26(16-24)30(3,4)5)33-23-11-10-21-14-20(18-35(6)7)8-9-22(21)15-23/h10-13,15-17,19-20H,8-9,14,18H2,1-7H3,(H,32,33,34). The molecule has 0 amide bonds. The molecule has 200 valence electrons. The first-order valence-corrected chi connectivity index (χ1v) is 13.5. The number of fused-ring (bicyclic) bond motifs is 2. The van der Waals surface area contributed by atoms with Crippen molar-refractivity contribution in [3.63, 3.8) is 0 Å². The summed E-state index contributed by atoms with van der Waals surface area (Å²) in [4.78, 5) is 29.6. The molecule has 1 unspecified atom stereocenters. The number of rotatable bonds is 6. The molecule has 0 radical (unpaired) electrons. The third-order valence-corrected chi connectivity index (χ3v) is 7.29. The molecule has 1 aliphatic rings. The molecule has 4 aromatic rings. The minimum absolute atomic E-state index is 0.0590. The van der Waals surface area contributed by atoms with Gasteiger partial charge in [0.2, 0.25) is 5.95 Å². The first-order valence-electron chi connectivity index (χ1n) is 13.5. The molecule has 8 heteroatoms. The van der Waals surface area contributed by atoms with Crippen LogP contribution >= 0.6 is 0 Å². The largest absolute Gasteiger partial charge is 0.324 e. The minimum atomic E-state index is -0.122. The summed E-state index contributed by atoms with van der Waals surface area (Å²) in [7, 11) is 4.29. The summed E-state index contributed by atoms with van der Waals surface area (Å²) in [6, 6.07) is 10.5. The van der Waals surface area contributed by atoms with E-state index in [1.54, 1.807) is 17.1 Å². The van der Waals surface area contributed by atoms with Crippen molar-refractivity contribution in [2.45, 2.75) is 65.3 Å². The average Bonchev–Trinajstić information content (AvgIpc) is 3.15. The van der Waals surface area contributed by atoms with E-state index in [1.807, 2.05) is 30.7 Å². The number of aryl methyl sites for hydroxylation is 1. The lowest BCUT2D eigenvalue weighted by Gasteiger charge is -2.27. The van der Waals surface area contributed by atoms with Crippen molar-refractivity contribution in [2.24, 2.45) is 5.92 Å². The van der Waals surface area contributed by atoms with Crippen LogP contribution in [0, 0.1) is 5.92 Å². The van der Waals surface area contributed by atoms with Crippen LogP contribution < -0.4 is 10.9 Å². The summed E-state index contributed by atoms with van der Waals surface area (Å²) in [5, 5.41) is 3.89. The van der Waals surface area contributed by atoms with E-state index >= 15 is 0 Å². The second-order valence-electron chi connectivity index (χ2n) is 12.1. The van der Waals surface area contributed by atoms with Gasteiger partial charge in [-0.3, -0.25) is 9.78 Å². The van der Waals surface area contributed by atoms with Gasteiger partial charge in [-0.2, -0.15) is 4.98 Å². The van der Waals surface area contributed by atoms with Gasteiger partial charge in [-0.05, 0) is 88.5 Å². The quantitative estimate of drug-likeness (QED) is 0.379. The Bertz CT molecular complexity index is 1520. The summed E-state index contributed by atoms with van der Waals surface area (Å²) >= 11 is 0. The fourth-order valence-electron chi connectivity index (χ4n) is 5.44. The van der Waals surface area contributed by atoms with Gasteiger partial charge in [-0.25, -0.2) is 14.3 Å². The second kappa shape index (κ2) is 9.98. The van der Waals surface area contributed by atoms with Crippen LogP contribution in [0.2, 0.25) is 0 Å². The Hall–Kier alpha value is -3.52. The van der Waals surface area contributed by atoms with Gasteiger partial charge < -0.3 is 10.2 Å². The lowest BCUT2D eigenvalue weighted by Crippen LogP contribution is -2.26. The van der Waals surface area contributed by atoms with Gasteiger partial charge in [0.25, 0.3) is 5.56 Å². The van der Waals surface area contributed by atoms with Crippen LogP contribution in [0.25, 0.3) is 16.7 Å². The SMILES string of the molecule is CC(C)n1c(=O)c2cnc(Nc3ccc4c(c3)CCC(CN(C)C)C4)nc2n1-c1ccnc(C(C)(C)C)c1. The zero-order chi connectivity index (χ0) is 27.2. The smallest absolute Gasteiger partial charge is 0.278 e. The molecule has 0 bridgehead atoms. The van der Waals surface area contributed by atoms with E-state index in [-0.39, 0.29) is 17.0 Å². The van der Waals surface area contributed by atoms with Crippen LogP contribution in [0.4, 0.5) is 11.6 Å². The van der Waals surface area contributed by atoms with Crippen molar-refractivity contribution in [1.82, 2.24) is 29.2 Å². The molecule has 0 aliphatic heterocycles. The third kappa shape index (κ3) is 5.10. The van der Waals surface area contributed by atoms with Crippen molar-refractivity contribution < 1.29 is 0 Å². The van der Waals surface area contributed by atoms with Crippen molar-refractivity contribution in [3.8, 4) is 5.69 Å². The number of pyridine rings is 1. The van der Waals surface area contributed by atoms with E-state index in [4.69, 9.17) is 4.98 Å². The number of nitrogens with zero attached hydrogens (tertiary/aromatic N) is 6. The maximum absolute atomic E-state index is 13.4. The van der Waals surface area contributed by atoms with E-state index in [2.05, 4.69) is 73.3 Å². The summed E-state index contributed by atoms with van der Waals surface area (Å²) < 4.78 is 3.65. The summed E-state index contributed by atoms with van der Waals surface area (Å²) in [5.41, 5.74) is 5.95. The summed E-state index contributed by atoms with van der Waals surface area (Å²) in [6.07, 6.45) is 6.84. The number of hydrogen-bond donors (Lipinski definition) is 1. The summed E-state index contributed by atoms with van der Waals surface area (Å²) in [5.74, 6) is 1.18. The van der Waals surface area contributed by atoms with Crippen LogP contribution in [0.5, 0.6) is 0 Å². The molecule has 3 aromatic heterocycles. The predicted octanol–water partition coefficient (Wildman–Crippen LogP) is 5.27. The number of benzene rings is 1. The molecule has 8 nitrogen and oxygen atoms in total. The minimum Gasteiger partial charge on any atom is -0.324 e. The molecule has 3 heterocycles. The zero-order valence-electron chi connectivity index (χ0n) is 23.6. The molecular formula is C30H39N7O. The Morgan fingerprint density at radius 3 is 2.61 bits per heavy atom. The molecule has 5 rings (SSSR count). The topological polar surface area (TPSA) is 80.9 Å². The zero-order valence-corrected chi connectivity index (χ0v) is 23.6. The Morgan fingerprint density at radius 2 is 1.89 bits per heavy atom. The van der Waals surface area contributed by atoms with Crippen LogP contribution in [0.15, 0.2) is 47.5 Å². The van der Waals surface area contributed by atoms with Gasteiger partial charge in [0.05, 0.1) is 5.69 Å². The maximum atomic E-state index is 13.4. The first kappa shape index (κ1) is 26.1. The highest BCUT2D eigenvalue weighted by molar-refractivity contribution is 5.77. The van der Waals surface area contributed by atoms with E-state index < -0.39 is 0 Å². The predicted molar refractivity (Wildman–Crippen MR) is 154 cm³/mol. The van der Waals surface area contributed by atoms with E-state index in [1.165, 1.54) is 17.5 Å². The van der Waals surface area contributed by atoms with Crippen LogP contribution in [0.3, 0.4) is 0 Å². The monoisotopic (exact) mass is 513 g/mol. The van der Waals surface area contributed by atoms with Crippen molar-refractivity contribution >= 4 is 22.7 Å². The highest BCUT2D eigenvalue weighted by Crippen LogP contribution is 2.30. The lowest BCUT2D eigenvalue weighted by molar-refractivity contribution is 0.303. The highest BCUT2D eigenvalue weighted by Gasteiger charge is 2.23. The maximum Gasteiger partial charge on any atom is 0.278 e. The van der Waals surface area contributed by atoms with Gasteiger partial charge in [-0.15, -0.1) is 0 Å². The number of aromatic nitrogens is 5. The second-order valence-corrected chi connectivity index (χ2v) is 12.1. The molecule has 1 N–H and O–H groups in total. The lowest BCUT2D eigenvalue weighted by atomic mass is 9.83. The number of hydrogen-bond acceptors (Lipinski definition) is 6. The molecule has 38 heavy (non-hydrogen) atoms. The number of nitrogens with one attached hydrogen (secondary N) is 1. The molecular weight excluding hydrogens is 474 g/mol. The van der Waals surface area contributed by atoms with Gasteiger partial charge in [0.1, 0.15) is 5.39 Å². The van der Waals surface area contributed by atoms with Gasteiger partial charge in [-0.1, -0.05) is 26.8 Å². The Labute approximate surface area is 224 Å². The average molecular weight is 514 g/mol. The van der Waals surface area contributed by atoms with Crippen molar-refractivity contribution in [3.05, 3.63) is 69.9 Å². The fraction of sp³-hybridized carbons (Fsp3) is 0.467. The summed E-state index contributed by atoms with van der Waals surface area (Å²) in [6.45, 7) is 11.5. The van der Waals surface area contributed by atoms with Crippen molar-refractivity contribution in [1.29, 1.82) is 0 Å². The highest BCUT2D eigenvalue weighted by atomic mass is 16.1. The van der Waals surface area contributed by atoms with Gasteiger partial charge >= 0.3 is 0 Å². The Kier molecular flexibility index (Phi) is 6.86. The molecule has 1 aliphatic carbocycles. The molecule has 0 saturated heterocycles. The van der Waals surface area contributed by atoms with Crippen LogP contribution in [0.1, 0.15) is 63.9 Å². The molecule has 1 aromatic carbocycles. The third-order valence-electron chi connectivity index (χ3n) is 7.29. The van der Waals surface area contributed by atoms with Crippen LogP contribution in [-0.2, 0) is 18.3 Å². The fourth-order valence-corrected chi connectivity index (χ4v) is 5.44. The first-order chi connectivity index (χ1) is 18.0. The molecule has 0 fully saturated rings. The molecule has 0 spiro atoms. The Morgan fingerprint density at radius 1 is 1.11 bits per heavy atom. The molecule has 0 saturated carbocycles. The van der Waals surface area contributed by atoms with E-state index in [0.29, 0.717) is 22.9 Å². The van der Waals surface area contributed by atoms with E-state index in [0.717, 1.165) is 36.5 Å². The van der Waals surface area contributed by atoms with Crippen molar-refractivity contribution in [2.75, 3.05) is 26.0 Å². The number of anilines is 2. The van der Waals surface area contributed by atoms with Gasteiger partial charge in [0, 0.05) is 41.8 Å². The van der Waals surface area contributed by atoms with E-state index in [9.17, 15) is 4.79 Å². The Balaban J connectivity index is 1.52. The van der Waals surface area contributed by atoms with Crippen LogP contribution in [-0.4, -0.2) is 49.9 Å². The normalized spacial score (nSPS) is 15.9. The molecule has 1 atom stereocenters. The van der Waals surface area contributed by atoms with Gasteiger partial charge in [0.15, 0.2) is 5.65 Å².